The molecule has 0 bridgehead atoms. The van der Waals surface area contributed by atoms with E-state index in [1.54, 1.807) is 18.5 Å². The Kier molecular flexibility index (Phi) is 3.57. The number of rotatable bonds is 4. The molecule has 0 saturated carbocycles. The Morgan fingerprint density at radius 3 is 2.95 bits per heavy atom. The topological polar surface area (TPSA) is 97.6 Å². The Labute approximate surface area is 110 Å². The minimum Gasteiger partial charge on any atom is -0.383 e. The molecule has 2 rings (SSSR count). The van der Waals surface area contributed by atoms with Gasteiger partial charge in [-0.05, 0) is 19.1 Å². The maximum Gasteiger partial charge on any atom is 0.140 e. The van der Waals surface area contributed by atoms with Crippen LogP contribution in [0.1, 0.15) is 18.9 Å². The molecule has 96 valence electrons. The number of carbonyl (C=O) groups is 1. The van der Waals surface area contributed by atoms with Crippen LogP contribution in [0.15, 0.2) is 24.5 Å². The lowest BCUT2D eigenvalue weighted by Crippen LogP contribution is -2.07. The third-order valence-corrected chi connectivity index (χ3v) is 2.71. The highest BCUT2D eigenvalue weighted by molar-refractivity contribution is 5.75. The van der Waals surface area contributed by atoms with Crippen molar-refractivity contribution in [2.24, 2.45) is 0 Å². The second kappa shape index (κ2) is 5.31. The van der Waals surface area contributed by atoms with Gasteiger partial charge in [0.25, 0.3) is 0 Å². The number of nitriles is 1. The number of carbonyl (C=O) groups excluding carboxylic acids is 1. The molecule has 0 aliphatic carbocycles. The van der Waals surface area contributed by atoms with Gasteiger partial charge in [-0.2, -0.15) is 10.4 Å². The summed E-state index contributed by atoms with van der Waals surface area (Å²) in [5.74, 6) is 0.332. The van der Waals surface area contributed by atoms with Crippen LogP contribution in [0.2, 0.25) is 0 Å². The quantitative estimate of drug-likeness (QED) is 0.889. The Morgan fingerprint density at radius 2 is 2.37 bits per heavy atom. The molecule has 0 aromatic carbocycles. The van der Waals surface area contributed by atoms with Crippen molar-refractivity contribution in [2.75, 3.05) is 5.73 Å². The summed E-state index contributed by atoms with van der Waals surface area (Å²) in [6, 6.07) is 5.62. The Bertz CT molecular complexity index is 639. The Balaban J connectivity index is 2.43. The molecule has 6 heteroatoms. The summed E-state index contributed by atoms with van der Waals surface area (Å²) in [5, 5.41) is 13.5. The average Bonchev–Trinajstić information content (AvgIpc) is 2.74. The van der Waals surface area contributed by atoms with Gasteiger partial charge in [0.05, 0.1) is 6.54 Å². The molecule has 2 aromatic rings. The van der Waals surface area contributed by atoms with E-state index in [9.17, 15) is 10.1 Å². The number of anilines is 1. The third kappa shape index (κ3) is 2.60. The predicted molar refractivity (Wildman–Crippen MR) is 69.9 cm³/mol. The first-order valence-electron chi connectivity index (χ1n) is 5.79. The summed E-state index contributed by atoms with van der Waals surface area (Å²) in [6.45, 7) is 1.88. The summed E-state index contributed by atoms with van der Waals surface area (Å²) in [5.41, 5.74) is 7.43. The van der Waals surface area contributed by atoms with Crippen molar-refractivity contribution in [3.63, 3.8) is 0 Å². The molecular formula is C13H13N5O. The van der Waals surface area contributed by atoms with Gasteiger partial charge in [0, 0.05) is 24.4 Å². The van der Waals surface area contributed by atoms with E-state index in [1.165, 1.54) is 11.6 Å². The number of nitrogens with zero attached hydrogens (tertiary/aromatic N) is 4. The third-order valence-electron chi connectivity index (χ3n) is 2.71. The van der Waals surface area contributed by atoms with Crippen molar-refractivity contribution >= 4 is 11.6 Å². The summed E-state index contributed by atoms with van der Waals surface area (Å²) >= 11 is 0. The van der Waals surface area contributed by atoms with Crippen molar-refractivity contribution in [2.45, 2.75) is 19.9 Å². The monoisotopic (exact) mass is 255 g/mol. The maximum absolute atomic E-state index is 11.0. The predicted octanol–water partition coefficient (Wildman–Crippen LogP) is 1.38. The number of pyridine rings is 1. The van der Waals surface area contributed by atoms with Crippen LogP contribution < -0.4 is 5.73 Å². The minimum atomic E-state index is 0.0522. The molecule has 2 N–H and O–H groups in total. The average molecular weight is 255 g/mol. The number of hydrogen-bond donors (Lipinski definition) is 1. The molecule has 6 nitrogen and oxygen atoms in total. The van der Waals surface area contributed by atoms with Gasteiger partial charge in [0.2, 0.25) is 0 Å². The van der Waals surface area contributed by atoms with E-state index in [-0.39, 0.29) is 11.6 Å². The van der Waals surface area contributed by atoms with Gasteiger partial charge in [0.15, 0.2) is 0 Å². The summed E-state index contributed by atoms with van der Waals surface area (Å²) in [7, 11) is 0. The van der Waals surface area contributed by atoms with Gasteiger partial charge >= 0.3 is 0 Å². The zero-order chi connectivity index (χ0) is 13.8. The highest BCUT2D eigenvalue weighted by Crippen LogP contribution is 2.25. The number of ketones is 1. The molecule has 0 atom stereocenters. The van der Waals surface area contributed by atoms with Crippen molar-refractivity contribution in [1.29, 1.82) is 5.26 Å². The zero-order valence-electron chi connectivity index (χ0n) is 10.5. The van der Waals surface area contributed by atoms with E-state index in [1.807, 2.05) is 12.1 Å². The lowest BCUT2D eigenvalue weighted by atomic mass is 10.1. The van der Waals surface area contributed by atoms with Crippen LogP contribution in [0.4, 0.5) is 5.82 Å². The summed E-state index contributed by atoms with van der Waals surface area (Å²) in [4.78, 5) is 15.0. The van der Waals surface area contributed by atoms with Crippen LogP contribution in [-0.2, 0) is 11.3 Å². The first-order valence-corrected chi connectivity index (χ1v) is 5.79. The number of hydrogen-bond acceptors (Lipinski definition) is 5. The fourth-order valence-electron chi connectivity index (χ4n) is 1.72. The number of aromatic nitrogens is 3. The van der Waals surface area contributed by atoms with Crippen molar-refractivity contribution in [3.05, 3.63) is 30.1 Å². The molecule has 0 unspecified atom stereocenters. The second-order valence-corrected chi connectivity index (χ2v) is 4.14. The number of aryl methyl sites for hydroxylation is 1. The largest absolute Gasteiger partial charge is 0.383 e. The summed E-state index contributed by atoms with van der Waals surface area (Å²) in [6.07, 6.45) is 3.60. The second-order valence-electron chi connectivity index (χ2n) is 4.14. The van der Waals surface area contributed by atoms with E-state index in [0.717, 1.165) is 5.56 Å². The summed E-state index contributed by atoms with van der Waals surface area (Å²) < 4.78 is 1.49. The van der Waals surface area contributed by atoms with Crippen LogP contribution in [-0.4, -0.2) is 20.5 Å². The SMILES string of the molecule is CC(=O)CCn1nc(-c2cccnc2)c(C#N)c1N. The van der Waals surface area contributed by atoms with Gasteiger partial charge in [0.1, 0.15) is 28.9 Å². The standard InChI is InChI=1S/C13H13N5O/c1-9(19)4-6-18-13(15)11(7-14)12(17-18)10-3-2-5-16-8-10/h2-3,5,8H,4,6,15H2,1H3. The van der Waals surface area contributed by atoms with Gasteiger partial charge in [-0.25, -0.2) is 4.68 Å². The number of Topliss-reactive ketones (excluding diaryl/α,β-unsaturated/α-hetero) is 1. The van der Waals surface area contributed by atoms with Crippen LogP contribution in [0.25, 0.3) is 11.3 Å². The van der Waals surface area contributed by atoms with E-state index in [4.69, 9.17) is 5.73 Å². The normalized spacial score (nSPS) is 10.1. The van der Waals surface area contributed by atoms with Crippen molar-refractivity contribution in [3.8, 4) is 17.3 Å². The molecule has 0 aliphatic heterocycles. The van der Waals surface area contributed by atoms with E-state index in [2.05, 4.69) is 10.1 Å². The smallest absolute Gasteiger partial charge is 0.140 e. The molecule has 0 spiro atoms. The lowest BCUT2D eigenvalue weighted by molar-refractivity contribution is -0.117. The fourth-order valence-corrected chi connectivity index (χ4v) is 1.72. The van der Waals surface area contributed by atoms with Crippen molar-refractivity contribution in [1.82, 2.24) is 14.8 Å². The molecular weight excluding hydrogens is 242 g/mol. The van der Waals surface area contributed by atoms with Gasteiger partial charge < -0.3 is 5.73 Å². The fraction of sp³-hybridized carbons (Fsp3) is 0.231. The molecule has 2 heterocycles. The molecule has 2 aromatic heterocycles. The van der Waals surface area contributed by atoms with Crippen LogP contribution in [0.5, 0.6) is 0 Å². The first kappa shape index (κ1) is 12.8. The van der Waals surface area contributed by atoms with Gasteiger partial charge in [-0.3, -0.25) is 9.78 Å². The minimum absolute atomic E-state index is 0.0522. The highest BCUT2D eigenvalue weighted by atomic mass is 16.1. The van der Waals surface area contributed by atoms with Crippen molar-refractivity contribution < 1.29 is 4.79 Å². The van der Waals surface area contributed by atoms with Gasteiger partial charge in [-0.1, -0.05) is 0 Å². The van der Waals surface area contributed by atoms with Crippen LogP contribution in [0.3, 0.4) is 0 Å². The van der Waals surface area contributed by atoms with Crippen LogP contribution in [0, 0.1) is 11.3 Å². The molecule has 0 radical (unpaired) electrons. The molecule has 0 amide bonds. The molecule has 0 fully saturated rings. The first-order chi connectivity index (χ1) is 9.13. The number of nitrogens with two attached hydrogens (primary N) is 1. The molecule has 0 aliphatic rings. The van der Waals surface area contributed by atoms with Gasteiger partial charge in [-0.15, -0.1) is 0 Å². The Morgan fingerprint density at radius 1 is 1.58 bits per heavy atom. The lowest BCUT2D eigenvalue weighted by Gasteiger charge is -2.00. The van der Waals surface area contributed by atoms with Crippen LogP contribution >= 0.6 is 0 Å². The maximum atomic E-state index is 11.0. The number of nitrogen functional groups attached to an aromatic ring is 1. The zero-order valence-corrected chi connectivity index (χ0v) is 10.5. The highest BCUT2D eigenvalue weighted by Gasteiger charge is 2.17. The molecule has 19 heavy (non-hydrogen) atoms. The van der Waals surface area contributed by atoms with E-state index < -0.39 is 0 Å². The molecule has 0 saturated heterocycles. The van der Waals surface area contributed by atoms with E-state index >= 15 is 0 Å². The Hall–Kier alpha value is -2.68. The van der Waals surface area contributed by atoms with E-state index in [0.29, 0.717) is 24.2 Å².